The highest BCUT2D eigenvalue weighted by atomic mass is 35.5. The van der Waals surface area contributed by atoms with Gasteiger partial charge in [-0.1, -0.05) is 11.6 Å². The molecule has 4 rings (SSSR count). The number of aliphatic hydroxyl groups excluding tert-OH is 1. The Morgan fingerprint density at radius 3 is 2.81 bits per heavy atom. The second-order valence-corrected chi connectivity index (χ2v) is 7.09. The number of hydrogen-bond donors (Lipinski definition) is 3. The molecule has 1 amide bonds. The van der Waals surface area contributed by atoms with Crippen molar-refractivity contribution < 1.29 is 15.0 Å². The number of likely N-dealkylation sites (N-methyl/N-ethyl adjacent to an activating group) is 1. The third-order valence-corrected chi connectivity index (χ3v) is 5.08. The zero-order chi connectivity index (χ0) is 19.3. The number of pyridine rings is 1. The Bertz CT molecular complexity index is 1050. The summed E-state index contributed by atoms with van der Waals surface area (Å²) >= 11 is 6.27. The molecule has 3 aromatic rings. The summed E-state index contributed by atoms with van der Waals surface area (Å²) in [5.74, 6) is -0.378. The van der Waals surface area contributed by atoms with E-state index in [0.717, 1.165) is 0 Å². The molecular formula is C18H18ClN5O3. The molecule has 1 aliphatic rings. The van der Waals surface area contributed by atoms with Crippen molar-refractivity contribution in [2.75, 3.05) is 13.6 Å². The molecule has 3 heterocycles. The van der Waals surface area contributed by atoms with Gasteiger partial charge in [-0.2, -0.15) is 5.10 Å². The maximum Gasteiger partial charge on any atom is 0.258 e. The number of benzene rings is 1. The Labute approximate surface area is 159 Å². The number of halogens is 1. The van der Waals surface area contributed by atoms with E-state index in [4.69, 9.17) is 17.3 Å². The Hall–Kier alpha value is -2.52. The van der Waals surface area contributed by atoms with E-state index in [2.05, 4.69) is 10.1 Å². The third kappa shape index (κ3) is 2.78. The van der Waals surface area contributed by atoms with Crippen LogP contribution in [0.3, 0.4) is 0 Å². The van der Waals surface area contributed by atoms with E-state index in [1.165, 1.54) is 9.58 Å². The van der Waals surface area contributed by atoms with Crippen LogP contribution in [0.25, 0.3) is 16.7 Å². The minimum absolute atomic E-state index is 0.271. The van der Waals surface area contributed by atoms with Crippen LogP contribution in [0.4, 0.5) is 0 Å². The van der Waals surface area contributed by atoms with Crippen molar-refractivity contribution in [2.45, 2.75) is 18.2 Å². The van der Waals surface area contributed by atoms with Gasteiger partial charge in [-0.05, 0) is 35.9 Å². The number of fused-ring (bicyclic) bond motifs is 1. The zero-order valence-corrected chi connectivity index (χ0v) is 15.3. The fourth-order valence-corrected chi connectivity index (χ4v) is 3.66. The van der Waals surface area contributed by atoms with E-state index in [0.29, 0.717) is 33.9 Å². The lowest BCUT2D eigenvalue weighted by molar-refractivity contribution is -0.143. The number of nitrogens with two attached hydrogens (primary N) is 1. The summed E-state index contributed by atoms with van der Waals surface area (Å²) in [7, 11) is 1.64. The van der Waals surface area contributed by atoms with E-state index < -0.39 is 11.8 Å². The molecule has 140 valence electrons. The number of hydrogen-bond acceptors (Lipinski definition) is 6. The van der Waals surface area contributed by atoms with Gasteiger partial charge < -0.3 is 20.8 Å². The molecule has 1 aromatic carbocycles. The van der Waals surface area contributed by atoms with E-state index in [9.17, 15) is 15.0 Å². The molecule has 1 fully saturated rings. The SMILES string of the molecule is CN1CC[C@@](O)(c2cc(Cl)cc(-n3nc(C(N)O)c4cccnc43)c2)C1=O. The highest BCUT2D eigenvalue weighted by Gasteiger charge is 2.45. The van der Waals surface area contributed by atoms with E-state index >= 15 is 0 Å². The van der Waals surface area contributed by atoms with E-state index in [1.54, 1.807) is 43.6 Å². The molecule has 2 aromatic heterocycles. The topological polar surface area (TPSA) is 118 Å². The van der Waals surface area contributed by atoms with Gasteiger partial charge in [-0.15, -0.1) is 0 Å². The summed E-state index contributed by atoms with van der Waals surface area (Å²) in [5, 5.41) is 26.1. The van der Waals surface area contributed by atoms with Crippen LogP contribution in [-0.4, -0.2) is 49.4 Å². The van der Waals surface area contributed by atoms with E-state index in [-0.39, 0.29) is 18.0 Å². The predicted octanol–water partition coefficient (Wildman–Crippen LogP) is 1.07. The number of amides is 1. The standard InChI is InChI=1S/C18H18ClN5O3/c1-23-6-4-18(27,17(23)26)10-7-11(19)9-12(8-10)24-16-13(3-2-5-21-16)14(22-24)15(20)25/h2-3,5,7-9,15,25,27H,4,6,20H2,1H3/t15?,18-/m1/s1. The van der Waals surface area contributed by atoms with Crippen molar-refractivity contribution in [3.63, 3.8) is 0 Å². The van der Waals surface area contributed by atoms with Crippen LogP contribution in [-0.2, 0) is 10.4 Å². The number of rotatable bonds is 3. The minimum Gasteiger partial charge on any atom is -0.375 e. The van der Waals surface area contributed by atoms with Gasteiger partial charge in [0.25, 0.3) is 5.91 Å². The minimum atomic E-state index is -1.64. The van der Waals surface area contributed by atoms with Crippen molar-refractivity contribution in [3.8, 4) is 5.69 Å². The first-order valence-electron chi connectivity index (χ1n) is 8.38. The van der Waals surface area contributed by atoms with Crippen molar-refractivity contribution in [1.29, 1.82) is 0 Å². The van der Waals surface area contributed by atoms with Gasteiger partial charge in [-0.25, -0.2) is 9.67 Å². The molecule has 2 atom stereocenters. The Balaban J connectivity index is 1.91. The van der Waals surface area contributed by atoms with Crippen molar-refractivity contribution in [1.82, 2.24) is 19.7 Å². The van der Waals surface area contributed by atoms with Crippen LogP contribution in [0, 0.1) is 0 Å². The van der Waals surface area contributed by atoms with Crippen LogP contribution in [0.15, 0.2) is 36.5 Å². The Kier molecular flexibility index (Phi) is 4.15. The number of carbonyl (C=O) groups is 1. The summed E-state index contributed by atoms with van der Waals surface area (Å²) in [6, 6.07) is 8.34. The molecule has 0 spiro atoms. The first-order chi connectivity index (χ1) is 12.8. The highest BCUT2D eigenvalue weighted by molar-refractivity contribution is 6.30. The number of carbonyl (C=O) groups excluding carboxylic acids is 1. The Morgan fingerprint density at radius 1 is 1.37 bits per heavy atom. The fourth-order valence-electron chi connectivity index (χ4n) is 3.43. The molecular weight excluding hydrogens is 370 g/mol. The maximum absolute atomic E-state index is 12.4. The van der Waals surface area contributed by atoms with Crippen LogP contribution in [0.5, 0.6) is 0 Å². The van der Waals surface area contributed by atoms with Gasteiger partial charge in [0.2, 0.25) is 0 Å². The van der Waals surface area contributed by atoms with Crippen LogP contribution < -0.4 is 5.73 Å². The van der Waals surface area contributed by atoms with E-state index in [1.807, 2.05) is 0 Å². The number of likely N-dealkylation sites (tertiary alicyclic amines) is 1. The second kappa shape index (κ2) is 6.28. The number of nitrogens with zero attached hydrogens (tertiary/aromatic N) is 4. The average Bonchev–Trinajstić information content (AvgIpc) is 3.16. The van der Waals surface area contributed by atoms with Gasteiger partial charge in [0.05, 0.1) is 5.69 Å². The summed E-state index contributed by atoms with van der Waals surface area (Å²) in [4.78, 5) is 18.2. The zero-order valence-electron chi connectivity index (χ0n) is 14.5. The molecule has 0 saturated carbocycles. The van der Waals surface area contributed by atoms with Gasteiger partial charge in [0.1, 0.15) is 11.9 Å². The largest absolute Gasteiger partial charge is 0.375 e. The first kappa shape index (κ1) is 17.9. The van der Waals surface area contributed by atoms with Crippen LogP contribution >= 0.6 is 11.6 Å². The van der Waals surface area contributed by atoms with Crippen LogP contribution in [0.1, 0.15) is 23.9 Å². The summed E-state index contributed by atoms with van der Waals surface area (Å²) in [6.07, 6.45) is 0.597. The summed E-state index contributed by atoms with van der Waals surface area (Å²) in [5.41, 5.74) is 5.62. The maximum atomic E-state index is 12.4. The molecule has 27 heavy (non-hydrogen) atoms. The van der Waals surface area contributed by atoms with Gasteiger partial charge >= 0.3 is 0 Å². The molecule has 0 aliphatic carbocycles. The molecule has 0 radical (unpaired) electrons. The number of aromatic nitrogens is 3. The Morgan fingerprint density at radius 2 is 2.15 bits per heavy atom. The normalized spacial score (nSPS) is 21.2. The lowest BCUT2D eigenvalue weighted by Crippen LogP contribution is -2.36. The molecule has 1 saturated heterocycles. The number of aliphatic hydroxyl groups is 2. The summed E-state index contributed by atoms with van der Waals surface area (Å²) < 4.78 is 1.49. The molecule has 1 unspecified atom stereocenters. The first-order valence-corrected chi connectivity index (χ1v) is 8.76. The third-order valence-electron chi connectivity index (χ3n) is 4.87. The van der Waals surface area contributed by atoms with Crippen molar-refractivity contribution in [3.05, 3.63) is 52.8 Å². The van der Waals surface area contributed by atoms with Gasteiger partial charge in [-0.3, -0.25) is 4.79 Å². The molecule has 0 bridgehead atoms. The molecule has 4 N–H and O–H groups in total. The highest BCUT2D eigenvalue weighted by Crippen LogP contribution is 2.35. The average molecular weight is 388 g/mol. The van der Waals surface area contributed by atoms with Crippen LogP contribution in [0.2, 0.25) is 5.02 Å². The van der Waals surface area contributed by atoms with Crippen molar-refractivity contribution in [2.24, 2.45) is 5.73 Å². The fraction of sp³-hybridized carbons (Fsp3) is 0.278. The van der Waals surface area contributed by atoms with Gasteiger partial charge in [0.15, 0.2) is 11.2 Å². The molecule has 9 heteroatoms. The van der Waals surface area contributed by atoms with Crippen molar-refractivity contribution >= 4 is 28.5 Å². The van der Waals surface area contributed by atoms with Gasteiger partial charge in [0, 0.05) is 36.6 Å². The lowest BCUT2D eigenvalue weighted by atomic mass is 9.92. The lowest BCUT2D eigenvalue weighted by Gasteiger charge is -2.22. The quantitative estimate of drug-likeness (QED) is 0.579. The predicted molar refractivity (Wildman–Crippen MR) is 99.2 cm³/mol. The molecule has 1 aliphatic heterocycles. The molecule has 8 nitrogen and oxygen atoms in total. The monoisotopic (exact) mass is 387 g/mol. The smallest absolute Gasteiger partial charge is 0.258 e. The summed E-state index contributed by atoms with van der Waals surface area (Å²) in [6.45, 7) is 0.451. The second-order valence-electron chi connectivity index (χ2n) is 6.65.